The van der Waals surface area contributed by atoms with Crippen LogP contribution in [-0.2, 0) is 6.54 Å². The monoisotopic (exact) mass is 344 g/mol. The number of ether oxygens (including phenoxy) is 2. The van der Waals surface area contributed by atoms with E-state index in [0.29, 0.717) is 28.5 Å². The van der Waals surface area contributed by atoms with Gasteiger partial charge < -0.3 is 14.6 Å². The SMILES string of the molecule is COc1ccc(-c2nnn(C[C@@H](O)c3cccc(F)c3)n2)cc1OC. The predicted octanol–water partition coefficient (Wildman–Crippen LogP) is 2.23. The first kappa shape index (κ1) is 16.8. The molecule has 0 saturated carbocycles. The molecule has 130 valence electrons. The highest BCUT2D eigenvalue weighted by Gasteiger charge is 2.14. The summed E-state index contributed by atoms with van der Waals surface area (Å²) in [6.45, 7) is 0.0593. The summed E-state index contributed by atoms with van der Waals surface area (Å²) in [5.41, 5.74) is 1.15. The van der Waals surface area contributed by atoms with Gasteiger partial charge in [-0.15, -0.1) is 10.2 Å². The average molecular weight is 344 g/mol. The van der Waals surface area contributed by atoms with E-state index in [2.05, 4.69) is 15.4 Å². The summed E-state index contributed by atoms with van der Waals surface area (Å²) in [6, 6.07) is 11.0. The van der Waals surface area contributed by atoms with Gasteiger partial charge in [0.05, 0.1) is 20.8 Å². The van der Waals surface area contributed by atoms with Crippen LogP contribution in [0.3, 0.4) is 0 Å². The first-order chi connectivity index (χ1) is 12.1. The minimum Gasteiger partial charge on any atom is -0.493 e. The summed E-state index contributed by atoms with van der Waals surface area (Å²) >= 11 is 0. The second kappa shape index (κ2) is 7.27. The van der Waals surface area contributed by atoms with Crippen molar-refractivity contribution in [2.45, 2.75) is 12.6 Å². The number of nitrogens with zero attached hydrogens (tertiary/aromatic N) is 4. The van der Waals surface area contributed by atoms with Gasteiger partial charge in [-0.2, -0.15) is 4.80 Å². The summed E-state index contributed by atoms with van der Waals surface area (Å²) in [6.07, 6.45) is -0.942. The Hall–Kier alpha value is -3.00. The molecule has 1 atom stereocenters. The summed E-state index contributed by atoms with van der Waals surface area (Å²) in [5.74, 6) is 1.12. The van der Waals surface area contributed by atoms with Crippen molar-refractivity contribution in [3.8, 4) is 22.9 Å². The largest absolute Gasteiger partial charge is 0.493 e. The lowest BCUT2D eigenvalue weighted by atomic mass is 10.1. The third-order valence-corrected chi connectivity index (χ3v) is 3.66. The zero-order valence-electron chi connectivity index (χ0n) is 13.8. The standard InChI is InChI=1S/C17H17FN4O3/c1-24-15-7-6-12(9-16(15)25-2)17-19-21-22(20-17)10-14(23)11-4-3-5-13(18)8-11/h3-9,14,23H,10H2,1-2H3/t14-/m1/s1. The van der Waals surface area contributed by atoms with Crippen LogP contribution in [-0.4, -0.2) is 39.5 Å². The van der Waals surface area contributed by atoms with Gasteiger partial charge in [0, 0.05) is 5.56 Å². The quantitative estimate of drug-likeness (QED) is 0.738. The van der Waals surface area contributed by atoms with Crippen molar-refractivity contribution in [3.05, 3.63) is 53.8 Å². The molecule has 0 unspecified atom stereocenters. The van der Waals surface area contributed by atoms with E-state index in [4.69, 9.17) is 9.47 Å². The lowest BCUT2D eigenvalue weighted by Crippen LogP contribution is -2.11. The van der Waals surface area contributed by atoms with Crippen LogP contribution in [0, 0.1) is 5.82 Å². The highest BCUT2D eigenvalue weighted by atomic mass is 19.1. The van der Waals surface area contributed by atoms with Crippen molar-refractivity contribution in [2.75, 3.05) is 14.2 Å². The van der Waals surface area contributed by atoms with Gasteiger partial charge in [0.15, 0.2) is 11.5 Å². The van der Waals surface area contributed by atoms with Gasteiger partial charge in [-0.05, 0) is 41.1 Å². The highest BCUT2D eigenvalue weighted by molar-refractivity contribution is 5.60. The van der Waals surface area contributed by atoms with Crippen LogP contribution in [0.4, 0.5) is 4.39 Å². The first-order valence-corrected chi connectivity index (χ1v) is 7.54. The van der Waals surface area contributed by atoms with Gasteiger partial charge in [0.1, 0.15) is 11.9 Å². The van der Waals surface area contributed by atoms with E-state index in [9.17, 15) is 9.50 Å². The summed E-state index contributed by atoms with van der Waals surface area (Å²) in [7, 11) is 3.10. The molecule has 8 heteroatoms. The Morgan fingerprint density at radius 1 is 1.12 bits per heavy atom. The van der Waals surface area contributed by atoms with Crippen molar-refractivity contribution >= 4 is 0 Å². The third kappa shape index (κ3) is 3.74. The Morgan fingerprint density at radius 2 is 1.92 bits per heavy atom. The van der Waals surface area contributed by atoms with Crippen LogP contribution >= 0.6 is 0 Å². The molecule has 0 fully saturated rings. The first-order valence-electron chi connectivity index (χ1n) is 7.54. The van der Waals surface area contributed by atoms with E-state index in [-0.39, 0.29) is 6.54 Å². The lowest BCUT2D eigenvalue weighted by molar-refractivity contribution is 0.144. The molecule has 0 aliphatic rings. The fourth-order valence-corrected chi connectivity index (χ4v) is 2.39. The van der Waals surface area contributed by atoms with Crippen molar-refractivity contribution in [2.24, 2.45) is 0 Å². The zero-order valence-corrected chi connectivity index (χ0v) is 13.8. The maximum atomic E-state index is 13.2. The number of aliphatic hydroxyl groups is 1. The molecule has 0 spiro atoms. The Balaban J connectivity index is 1.78. The van der Waals surface area contributed by atoms with Crippen LogP contribution in [0.1, 0.15) is 11.7 Å². The molecule has 1 aromatic heterocycles. The molecule has 0 aliphatic carbocycles. The van der Waals surface area contributed by atoms with Crippen LogP contribution in [0.2, 0.25) is 0 Å². The van der Waals surface area contributed by atoms with Gasteiger partial charge in [-0.25, -0.2) is 4.39 Å². The maximum absolute atomic E-state index is 13.2. The third-order valence-electron chi connectivity index (χ3n) is 3.66. The molecule has 0 radical (unpaired) electrons. The number of rotatable bonds is 6. The van der Waals surface area contributed by atoms with Crippen molar-refractivity contribution < 1.29 is 19.0 Å². The lowest BCUT2D eigenvalue weighted by Gasteiger charge is -2.09. The van der Waals surface area contributed by atoms with Crippen LogP contribution in [0.5, 0.6) is 11.5 Å². The number of methoxy groups -OCH3 is 2. The number of tetrazole rings is 1. The summed E-state index contributed by atoms with van der Waals surface area (Å²) in [4.78, 5) is 1.27. The van der Waals surface area contributed by atoms with E-state index < -0.39 is 11.9 Å². The summed E-state index contributed by atoms with van der Waals surface area (Å²) in [5, 5.41) is 22.4. The minimum absolute atomic E-state index is 0.0593. The van der Waals surface area contributed by atoms with Crippen LogP contribution in [0.25, 0.3) is 11.4 Å². The van der Waals surface area contributed by atoms with Crippen molar-refractivity contribution in [1.82, 2.24) is 20.2 Å². The second-order valence-electron chi connectivity index (χ2n) is 5.31. The number of benzene rings is 2. The topological polar surface area (TPSA) is 82.3 Å². The van der Waals surface area contributed by atoms with E-state index in [0.717, 1.165) is 0 Å². The van der Waals surface area contributed by atoms with Crippen LogP contribution in [0.15, 0.2) is 42.5 Å². The number of halogens is 1. The van der Waals surface area contributed by atoms with Gasteiger partial charge in [0.25, 0.3) is 0 Å². The molecule has 1 N–H and O–H groups in total. The molecule has 3 aromatic rings. The molecule has 0 aliphatic heterocycles. The predicted molar refractivity (Wildman–Crippen MR) is 87.7 cm³/mol. The van der Waals surface area contributed by atoms with E-state index in [1.54, 1.807) is 38.5 Å². The van der Waals surface area contributed by atoms with Crippen LogP contribution < -0.4 is 9.47 Å². The molecule has 3 rings (SSSR count). The van der Waals surface area contributed by atoms with Gasteiger partial charge in [-0.1, -0.05) is 12.1 Å². The second-order valence-corrected chi connectivity index (χ2v) is 5.31. The fourth-order valence-electron chi connectivity index (χ4n) is 2.39. The Morgan fingerprint density at radius 3 is 2.64 bits per heavy atom. The van der Waals surface area contributed by atoms with Crippen molar-refractivity contribution in [1.29, 1.82) is 0 Å². The minimum atomic E-state index is -0.942. The van der Waals surface area contributed by atoms with E-state index >= 15 is 0 Å². The number of hydrogen-bond donors (Lipinski definition) is 1. The number of hydrogen-bond acceptors (Lipinski definition) is 6. The molecule has 2 aromatic carbocycles. The smallest absolute Gasteiger partial charge is 0.205 e. The normalized spacial score (nSPS) is 12.0. The summed E-state index contributed by atoms with van der Waals surface area (Å²) < 4.78 is 23.7. The maximum Gasteiger partial charge on any atom is 0.205 e. The molecule has 25 heavy (non-hydrogen) atoms. The van der Waals surface area contributed by atoms with E-state index in [1.807, 2.05) is 0 Å². The molecule has 7 nitrogen and oxygen atoms in total. The molecule has 1 heterocycles. The number of aromatic nitrogens is 4. The molecule has 0 bridgehead atoms. The Kier molecular flexibility index (Phi) is 4.90. The van der Waals surface area contributed by atoms with E-state index in [1.165, 1.54) is 23.0 Å². The molecule has 0 amide bonds. The Labute approximate surface area is 143 Å². The molecular formula is C17H17FN4O3. The average Bonchev–Trinajstić information content (AvgIpc) is 3.09. The van der Waals surface area contributed by atoms with Gasteiger partial charge in [0.2, 0.25) is 5.82 Å². The highest BCUT2D eigenvalue weighted by Crippen LogP contribution is 2.30. The zero-order chi connectivity index (χ0) is 17.8. The Bertz CT molecular complexity index is 869. The van der Waals surface area contributed by atoms with Gasteiger partial charge >= 0.3 is 0 Å². The fraction of sp³-hybridized carbons (Fsp3) is 0.235. The molecular weight excluding hydrogens is 327 g/mol. The number of aliphatic hydroxyl groups excluding tert-OH is 1. The van der Waals surface area contributed by atoms with Crippen molar-refractivity contribution in [3.63, 3.8) is 0 Å². The van der Waals surface area contributed by atoms with Gasteiger partial charge in [-0.3, -0.25) is 0 Å². The molecule has 0 saturated heterocycles.